The van der Waals surface area contributed by atoms with Gasteiger partial charge < -0.3 is 4.74 Å². The number of hydrogen-bond donors (Lipinski definition) is 0. The predicted molar refractivity (Wildman–Crippen MR) is 89.4 cm³/mol. The number of carbonyl (C=O) groups excluding carboxylic acids is 1. The van der Waals surface area contributed by atoms with E-state index < -0.39 is 15.9 Å². The van der Waals surface area contributed by atoms with Gasteiger partial charge >= 0.3 is 6.09 Å². The summed E-state index contributed by atoms with van der Waals surface area (Å²) in [4.78, 5) is 13.5. The highest BCUT2D eigenvalue weighted by molar-refractivity contribution is 8.00. The Balaban J connectivity index is 2.38. The first-order valence-corrected chi connectivity index (χ1v) is 8.83. The summed E-state index contributed by atoms with van der Waals surface area (Å²) in [6.07, 6.45) is 0.493. The highest BCUT2D eigenvalue weighted by atomic mass is 32.2. The van der Waals surface area contributed by atoms with Crippen LogP contribution in [0.4, 0.5) is 10.5 Å². The van der Waals surface area contributed by atoms with E-state index in [1.165, 1.54) is 4.90 Å². The molecule has 0 saturated carbocycles. The first kappa shape index (κ1) is 15.3. The van der Waals surface area contributed by atoms with Crippen LogP contribution in [-0.4, -0.2) is 27.8 Å². The van der Waals surface area contributed by atoms with E-state index in [1.807, 2.05) is 0 Å². The zero-order valence-corrected chi connectivity index (χ0v) is 13.5. The second kappa shape index (κ2) is 5.55. The quantitative estimate of drug-likeness (QED) is 0.849. The number of carbonyl (C=O) groups is 1. The normalized spacial score (nSPS) is 16.6. The second-order valence-electron chi connectivity index (χ2n) is 5.24. The minimum absolute atomic E-state index is 0.00648. The van der Waals surface area contributed by atoms with Crippen molar-refractivity contribution in [1.29, 1.82) is 0 Å². The maximum Gasteiger partial charge on any atom is 0.419 e. The number of sulfone groups is 1. The van der Waals surface area contributed by atoms with Gasteiger partial charge in [-0.15, -0.1) is 0 Å². The zero-order valence-electron chi connectivity index (χ0n) is 12.7. The summed E-state index contributed by atoms with van der Waals surface area (Å²) in [7, 11) is -2.03. The van der Waals surface area contributed by atoms with E-state index in [0.29, 0.717) is 16.8 Å². The van der Waals surface area contributed by atoms with Gasteiger partial charge in [0, 0.05) is 18.9 Å². The highest BCUT2D eigenvalue weighted by Crippen LogP contribution is 2.39. The van der Waals surface area contributed by atoms with Crippen LogP contribution in [0, 0.1) is 0 Å². The Morgan fingerprint density at radius 1 is 1.00 bits per heavy atom. The molecule has 1 heterocycles. The molecule has 0 aromatic heterocycles. The average molecular weight is 329 g/mol. The molecule has 0 radical (unpaired) electrons. The molecule has 0 unspecified atom stereocenters. The van der Waals surface area contributed by atoms with Crippen molar-refractivity contribution in [1.82, 2.24) is 0 Å². The molecule has 0 spiro atoms. The van der Waals surface area contributed by atoms with Crippen molar-refractivity contribution in [3.05, 3.63) is 65.7 Å². The van der Waals surface area contributed by atoms with Crippen LogP contribution in [0.5, 0.6) is 0 Å². The molecule has 6 heteroatoms. The van der Waals surface area contributed by atoms with E-state index in [1.54, 1.807) is 61.6 Å². The Morgan fingerprint density at radius 2 is 1.61 bits per heavy atom. The molecule has 3 rings (SSSR count). The van der Waals surface area contributed by atoms with Gasteiger partial charge in [0.25, 0.3) is 0 Å². The van der Waals surface area contributed by atoms with Gasteiger partial charge in [0.05, 0.1) is 5.69 Å². The Labute approximate surface area is 134 Å². The van der Waals surface area contributed by atoms with Gasteiger partial charge in [-0.3, -0.25) is 4.90 Å². The standard InChI is InChI=1S/C17H15NO4S/c1-18-14-11-7-6-10-13(14)15(22-17(18)19)16(23(2,20)21)12-8-4-3-5-9-12/h3-11H,1-2H3/b16-15+. The van der Waals surface area contributed by atoms with Gasteiger partial charge in [0.15, 0.2) is 15.6 Å². The third kappa shape index (κ3) is 2.73. The molecule has 0 fully saturated rings. The van der Waals surface area contributed by atoms with Crippen molar-refractivity contribution >= 4 is 32.3 Å². The lowest BCUT2D eigenvalue weighted by atomic mass is 10.1. The molecule has 0 bridgehead atoms. The zero-order chi connectivity index (χ0) is 16.6. The number of amides is 1. The largest absolute Gasteiger partial charge is 0.419 e. The summed E-state index contributed by atoms with van der Waals surface area (Å²) < 4.78 is 30.1. The Bertz CT molecular complexity index is 901. The minimum atomic E-state index is -3.62. The summed E-state index contributed by atoms with van der Waals surface area (Å²) in [6, 6.07) is 15.7. The summed E-state index contributed by atoms with van der Waals surface area (Å²) in [5.41, 5.74) is 1.66. The van der Waals surface area contributed by atoms with Crippen LogP contribution >= 0.6 is 0 Å². The number of hydrogen-bond acceptors (Lipinski definition) is 4. The van der Waals surface area contributed by atoms with Crippen LogP contribution in [0.25, 0.3) is 10.7 Å². The molecule has 2 aromatic rings. The minimum Gasteiger partial charge on any atom is -0.408 e. The number of para-hydroxylation sites is 1. The summed E-state index contributed by atoms with van der Waals surface area (Å²) >= 11 is 0. The predicted octanol–water partition coefficient (Wildman–Crippen LogP) is 3.14. The van der Waals surface area contributed by atoms with Crippen molar-refractivity contribution in [2.75, 3.05) is 18.2 Å². The molecule has 0 saturated heterocycles. The molecule has 23 heavy (non-hydrogen) atoms. The number of cyclic esters (lactones) is 1. The topological polar surface area (TPSA) is 63.7 Å². The molecule has 1 aliphatic heterocycles. The van der Waals surface area contributed by atoms with Crippen LogP contribution in [0.2, 0.25) is 0 Å². The molecule has 0 N–H and O–H groups in total. The fraction of sp³-hybridized carbons (Fsp3) is 0.118. The van der Waals surface area contributed by atoms with Gasteiger partial charge in [-0.05, 0) is 17.7 Å². The summed E-state index contributed by atoms with van der Waals surface area (Å²) in [5.74, 6) is 0.0670. The van der Waals surface area contributed by atoms with Crippen molar-refractivity contribution in [2.24, 2.45) is 0 Å². The molecule has 1 amide bonds. The van der Waals surface area contributed by atoms with Crippen LogP contribution < -0.4 is 4.90 Å². The van der Waals surface area contributed by atoms with Gasteiger partial charge in [0.2, 0.25) is 0 Å². The Morgan fingerprint density at radius 3 is 2.26 bits per heavy atom. The highest BCUT2D eigenvalue weighted by Gasteiger charge is 2.32. The Kier molecular flexibility index (Phi) is 3.69. The monoisotopic (exact) mass is 329 g/mol. The summed E-state index contributed by atoms with van der Waals surface area (Å²) in [5, 5.41) is 0. The lowest BCUT2D eigenvalue weighted by Gasteiger charge is -2.28. The third-order valence-corrected chi connectivity index (χ3v) is 4.75. The van der Waals surface area contributed by atoms with Crippen molar-refractivity contribution in [2.45, 2.75) is 0 Å². The number of benzene rings is 2. The van der Waals surface area contributed by atoms with E-state index >= 15 is 0 Å². The van der Waals surface area contributed by atoms with Gasteiger partial charge in [0.1, 0.15) is 4.91 Å². The molecule has 5 nitrogen and oxygen atoms in total. The maximum absolute atomic E-state index is 12.4. The fourth-order valence-electron chi connectivity index (χ4n) is 2.54. The first-order chi connectivity index (χ1) is 10.9. The lowest BCUT2D eigenvalue weighted by molar-refractivity contribution is 0.199. The second-order valence-corrected chi connectivity index (χ2v) is 7.19. The SMILES string of the molecule is CN1C(=O)O/C(=C(\c2ccccc2)S(C)(=O)=O)c2ccccc21. The molecule has 0 atom stereocenters. The van der Waals surface area contributed by atoms with Crippen molar-refractivity contribution in [3.63, 3.8) is 0 Å². The van der Waals surface area contributed by atoms with Crippen LogP contribution in [0.3, 0.4) is 0 Å². The number of fused-ring (bicyclic) bond motifs is 1. The molecule has 1 aliphatic rings. The van der Waals surface area contributed by atoms with Crippen LogP contribution in [0.15, 0.2) is 54.6 Å². The number of anilines is 1. The van der Waals surface area contributed by atoms with Gasteiger partial charge in [-0.1, -0.05) is 42.5 Å². The molecular weight excluding hydrogens is 314 g/mol. The van der Waals surface area contributed by atoms with Crippen LogP contribution in [-0.2, 0) is 14.6 Å². The number of ether oxygens (including phenoxy) is 1. The third-order valence-electron chi connectivity index (χ3n) is 3.59. The number of rotatable bonds is 2. The fourth-order valence-corrected chi connectivity index (χ4v) is 3.59. The molecule has 118 valence electrons. The Hall–Kier alpha value is -2.60. The summed E-state index contributed by atoms with van der Waals surface area (Å²) in [6.45, 7) is 0. The molecule has 0 aliphatic carbocycles. The van der Waals surface area contributed by atoms with Gasteiger partial charge in [-0.2, -0.15) is 0 Å². The maximum atomic E-state index is 12.4. The lowest BCUT2D eigenvalue weighted by Crippen LogP contribution is -2.32. The van der Waals surface area contributed by atoms with E-state index in [2.05, 4.69) is 0 Å². The van der Waals surface area contributed by atoms with E-state index in [9.17, 15) is 13.2 Å². The molecule has 2 aromatic carbocycles. The first-order valence-electron chi connectivity index (χ1n) is 6.94. The smallest absolute Gasteiger partial charge is 0.408 e. The van der Waals surface area contributed by atoms with Gasteiger partial charge in [-0.25, -0.2) is 13.2 Å². The van der Waals surface area contributed by atoms with E-state index in [-0.39, 0.29) is 10.7 Å². The number of nitrogens with zero attached hydrogens (tertiary/aromatic N) is 1. The van der Waals surface area contributed by atoms with Crippen molar-refractivity contribution < 1.29 is 17.9 Å². The van der Waals surface area contributed by atoms with Crippen molar-refractivity contribution in [3.8, 4) is 0 Å². The van der Waals surface area contributed by atoms with E-state index in [0.717, 1.165) is 6.26 Å². The molecular formula is C17H15NO4S. The van der Waals surface area contributed by atoms with Crippen LogP contribution in [0.1, 0.15) is 11.1 Å². The average Bonchev–Trinajstić information content (AvgIpc) is 2.52. The van der Waals surface area contributed by atoms with E-state index in [4.69, 9.17) is 4.74 Å².